The maximum atomic E-state index is 11.4. The highest BCUT2D eigenvalue weighted by Crippen LogP contribution is 1.96. The van der Waals surface area contributed by atoms with E-state index in [1.165, 1.54) is 15.5 Å². The molecular weight excluding hydrogens is 172 g/mol. The summed E-state index contributed by atoms with van der Waals surface area (Å²) in [6, 6.07) is 0. The molecule has 0 saturated heterocycles. The van der Waals surface area contributed by atoms with Crippen LogP contribution in [-0.4, -0.2) is 19.1 Å². The SMILES string of the molecule is Cn1cnc2c([nH]c(=O)n2C)c1=O. The Morgan fingerprint density at radius 1 is 1.38 bits per heavy atom. The number of imidazole rings is 1. The van der Waals surface area contributed by atoms with Gasteiger partial charge >= 0.3 is 5.69 Å². The summed E-state index contributed by atoms with van der Waals surface area (Å²) in [6.45, 7) is 0. The van der Waals surface area contributed by atoms with Crippen molar-refractivity contribution in [3.63, 3.8) is 0 Å². The molecule has 6 heteroatoms. The fourth-order valence-electron chi connectivity index (χ4n) is 1.18. The van der Waals surface area contributed by atoms with Crippen LogP contribution in [0.5, 0.6) is 0 Å². The number of rotatable bonds is 0. The summed E-state index contributed by atoms with van der Waals surface area (Å²) in [5.41, 5.74) is 0.0547. The van der Waals surface area contributed by atoms with E-state index in [2.05, 4.69) is 9.97 Å². The molecule has 2 aromatic rings. The third-order valence-electron chi connectivity index (χ3n) is 1.97. The molecule has 68 valence electrons. The van der Waals surface area contributed by atoms with Gasteiger partial charge in [0.2, 0.25) is 0 Å². The zero-order chi connectivity index (χ0) is 9.59. The normalized spacial score (nSPS) is 10.9. The number of nitrogens with one attached hydrogen (secondary N) is 1. The van der Waals surface area contributed by atoms with Crippen LogP contribution >= 0.6 is 0 Å². The molecule has 0 fully saturated rings. The third kappa shape index (κ3) is 0.915. The van der Waals surface area contributed by atoms with Crippen LogP contribution < -0.4 is 11.2 Å². The van der Waals surface area contributed by atoms with E-state index < -0.39 is 0 Å². The van der Waals surface area contributed by atoms with E-state index in [0.29, 0.717) is 5.65 Å². The molecule has 13 heavy (non-hydrogen) atoms. The predicted molar refractivity (Wildman–Crippen MR) is 46.6 cm³/mol. The van der Waals surface area contributed by atoms with E-state index in [0.717, 1.165) is 0 Å². The van der Waals surface area contributed by atoms with E-state index in [-0.39, 0.29) is 16.8 Å². The van der Waals surface area contributed by atoms with Gasteiger partial charge in [-0.1, -0.05) is 0 Å². The Bertz CT molecular complexity index is 574. The standard InChI is InChI=1S/C7H8N4O2/c1-10-3-8-5-4(6(10)12)9-7(13)11(5)2/h3H,1-2H3,(H,9,13). The summed E-state index contributed by atoms with van der Waals surface area (Å²) in [5, 5.41) is 0. The van der Waals surface area contributed by atoms with Gasteiger partial charge in [0.05, 0.1) is 6.33 Å². The summed E-state index contributed by atoms with van der Waals surface area (Å²) >= 11 is 0. The van der Waals surface area contributed by atoms with Gasteiger partial charge in [-0.15, -0.1) is 0 Å². The Hall–Kier alpha value is -1.85. The summed E-state index contributed by atoms with van der Waals surface area (Å²) in [7, 11) is 3.15. The summed E-state index contributed by atoms with van der Waals surface area (Å²) in [4.78, 5) is 29.0. The van der Waals surface area contributed by atoms with E-state index >= 15 is 0 Å². The first-order valence-corrected chi connectivity index (χ1v) is 3.71. The summed E-state index contributed by atoms with van der Waals surface area (Å²) in [5.74, 6) is 0. The van der Waals surface area contributed by atoms with Crippen molar-refractivity contribution in [2.75, 3.05) is 0 Å². The lowest BCUT2D eigenvalue weighted by Crippen LogP contribution is -2.17. The van der Waals surface area contributed by atoms with E-state index in [9.17, 15) is 9.59 Å². The van der Waals surface area contributed by atoms with Gasteiger partial charge in [0.15, 0.2) is 11.2 Å². The predicted octanol–water partition coefficient (Wildman–Crippen LogP) is -1.04. The van der Waals surface area contributed by atoms with Crippen LogP contribution in [0, 0.1) is 0 Å². The lowest BCUT2D eigenvalue weighted by atomic mass is 10.5. The maximum absolute atomic E-state index is 11.4. The molecule has 0 aliphatic heterocycles. The van der Waals surface area contributed by atoms with Crippen LogP contribution in [0.15, 0.2) is 15.9 Å². The van der Waals surface area contributed by atoms with Crippen molar-refractivity contribution in [2.45, 2.75) is 0 Å². The molecule has 0 saturated carbocycles. The highest BCUT2D eigenvalue weighted by atomic mass is 16.2. The van der Waals surface area contributed by atoms with Crippen molar-refractivity contribution in [2.24, 2.45) is 14.1 Å². The topological polar surface area (TPSA) is 72.7 Å². The fourth-order valence-corrected chi connectivity index (χ4v) is 1.18. The van der Waals surface area contributed by atoms with E-state index in [1.807, 2.05) is 0 Å². The molecule has 2 heterocycles. The van der Waals surface area contributed by atoms with Gasteiger partial charge < -0.3 is 4.57 Å². The second-order valence-corrected chi connectivity index (χ2v) is 2.85. The highest BCUT2D eigenvalue weighted by molar-refractivity contribution is 5.68. The van der Waals surface area contributed by atoms with Crippen molar-refractivity contribution in [1.29, 1.82) is 0 Å². The van der Waals surface area contributed by atoms with Gasteiger partial charge in [-0.3, -0.25) is 14.3 Å². The monoisotopic (exact) mass is 180 g/mol. The minimum Gasteiger partial charge on any atom is -0.300 e. The molecule has 0 aliphatic carbocycles. The van der Waals surface area contributed by atoms with Gasteiger partial charge in [-0.2, -0.15) is 0 Å². The molecule has 0 spiro atoms. The smallest absolute Gasteiger partial charge is 0.300 e. The average molecular weight is 180 g/mol. The largest absolute Gasteiger partial charge is 0.327 e. The zero-order valence-corrected chi connectivity index (χ0v) is 7.24. The number of aromatic nitrogens is 4. The van der Waals surface area contributed by atoms with Crippen LogP contribution in [0.2, 0.25) is 0 Å². The molecule has 1 N–H and O–H groups in total. The van der Waals surface area contributed by atoms with Crippen molar-refractivity contribution in [3.05, 3.63) is 27.2 Å². The zero-order valence-electron chi connectivity index (χ0n) is 7.24. The van der Waals surface area contributed by atoms with Crippen LogP contribution in [0.1, 0.15) is 0 Å². The number of fused-ring (bicyclic) bond motifs is 1. The first-order valence-electron chi connectivity index (χ1n) is 3.71. The fraction of sp³-hybridized carbons (Fsp3) is 0.286. The number of nitrogens with zero attached hydrogens (tertiary/aromatic N) is 3. The number of hydrogen-bond acceptors (Lipinski definition) is 3. The molecule has 2 aromatic heterocycles. The van der Waals surface area contributed by atoms with E-state index in [4.69, 9.17) is 0 Å². The summed E-state index contributed by atoms with van der Waals surface area (Å²) < 4.78 is 2.62. The molecule has 0 amide bonds. The van der Waals surface area contributed by atoms with Gasteiger partial charge in [-0.25, -0.2) is 9.78 Å². The molecule has 0 aliphatic rings. The van der Waals surface area contributed by atoms with Crippen LogP contribution in [0.3, 0.4) is 0 Å². The van der Waals surface area contributed by atoms with Crippen molar-refractivity contribution in [1.82, 2.24) is 19.1 Å². The second kappa shape index (κ2) is 2.32. The van der Waals surface area contributed by atoms with Gasteiger partial charge in [0.25, 0.3) is 5.56 Å². The van der Waals surface area contributed by atoms with Gasteiger partial charge in [-0.05, 0) is 0 Å². The van der Waals surface area contributed by atoms with Crippen LogP contribution in [-0.2, 0) is 14.1 Å². The Kier molecular flexibility index (Phi) is 1.39. The Morgan fingerprint density at radius 3 is 2.77 bits per heavy atom. The first-order chi connectivity index (χ1) is 6.11. The van der Waals surface area contributed by atoms with Crippen molar-refractivity contribution >= 4 is 11.2 Å². The van der Waals surface area contributed by atoms with Crippen molar-refractivity contribution in [3.8, 4) is 0 Å². The van der Waals surface area contributed by atoms with Gasteiger partial charge in [0.1, 0.15) is 0 Å². The van der Waals surface area contributed by atoms with Crippen molar-refractivity contribution < 1.29 is 0 Å². The summed E-state index contributed by atoms with van der Waals surface area (Å²) in [6.07, 6.45) is 1.39. The number of aromatic amines is 1. The number of H-pyrrole nitrogens is 1. The molecule has 0 bridgehead atoms. The highest BCUT2D eigenvalue weighted by Gasteiger charge is 2.07. The third-order valence-corrected chi connectivity index (χ3v) is 1.97. The first kappa shape index (κ1) is 7.78. The molecule has 0 atom stereocenters. The molecule has 2 rings (SSSR count). The lowest BCUT2D eigenvalue weighted by Gasteiger charge is -1.95. The molecule has 6 nitrogen and oxygen atoms in total. The maximum Gasteiger partial charge on any atom is 0.327 e. The Labute approximate surface area is 72.5 Å². The Balaban J connectivity index is 3.12. The Morgan fingerprint density at radius 2 is 2.08 bits per heavy atom. The average Bonchev–Trinajstić information content (AvgIpc) is 2.38. The van der Waals surface area contributed by atoms with Gasteiger partial charge in [0, 0.05) is 14.1 Å². The van der Waals surface area contributed by atoms with Crippen LogP contribution in [0.25, 0.3) is 11.2 Å². The minimum absolute atomic E-state index is 0.247. The van der Waals surface area contributed by atoms with E-state index in [1.54, 1.807) is 14.1 Å². The quantitative estimate of drug-likeness (QED) is 0.562. The van der Waals surface area contributed by atoms with Crippen LogP contribution in [0.4, 0.5) is 0 Å². The minimum atomic E-state index is -0.328. The number of hydrogen-bond donors (Lipinski definition) is 1. The molecule has 0 aromatic carbocycles. The number of aryl methyl sites for hydroxylation is 2. The lowest BCUT2D eigenvalue weighted by molar-refractivity contribution is 0.828. The molecular formula is C7H8N4O2. The molecule has 0 unspecified atom stereocenters. The molecule has 0 radical (unpaired) electrons. The second-order valence-electron chi connectivity index (χ2n) is 2.85.